The van der Waals surface area contributed by atoms with Crippen LogP contribution in [0.5, 0.6) is 0 Å². The average molecular weight is 248 g/mol. The number of carboxylic acids is 1. The fourth-order valence-electron chi connectivity index (χ4n) is 1.50. The predicted molar refractivity (Wildman–Crippen MR) is 61.0 cm³/mol. The van der Waals surface area contributed by atoms with Gasteiger partial charge >= 0.3 is 11.7 Å². The molecule has 0 aliphatic heterocycles. The third-order valence-electron chi connectivity index (χ3n) is 2.42. The van der Waals surface area contributed by atoms with E-state index in [1.807, 2.05) is 0 Å². The van der Waals surface area contributed by atoms with Crippen LogP contribution in [0.25, 0.3) is 0 Å². The van der Waals surface area contributed by atoms with Gasteiger partial charge in [0.05, 0.1) is 12.1 Å². The molecular weight excluding hydrogens is 239 g/mol. The second-order valence-corrected chi connectivity index (χ2v) is 3.64. The van der Waals surface area contributed by atoms with Gasteiger partial charge in [0.15, 0.2) is 0 Å². The first kappa shape index (κ1) is 12.0. The van der Waals surface area contributed by atoms with Crippen molar-refractivity contribution in [3.05, 3.63) is 64.1 Å². The van der Waals surface area contributed by atoms with E-state index in [-0.39, 0.29) is 17.7 Å². The highest BCUT2D eigenvalue weighted by Gasteiger charge is 2.09. The van der Waals surface area contributed by atoms with E-state index in [0.717, 1.165) is 6.07 Å². The van der Waals surface area contributed by atoms with Gasteiger partial charge in [-0.1, -0.05) is 6.07 Å². The fraction of sp³-hybridized carbons (Fsp3) is 0.0833. The minimum absolute atomic E-state index is 0.0123. The molecule has 0 amide bonds. The lowest BCUT2D eigenvalue weighted by molar-refractivity contribution is 0.0696. The van der Waals surface area contributed by atoms with Crippen LogP contribution in [0, 0.1) is 5.82 Å². The van der Waals surface area contributed by atoms with E-state index in [2.05, 4.69) is 4.98 Å². The van der Waals surface area contributed by atoms with Gasteiger partial charge < -0.3 is 5.11 Å². The number of aromatic carboxylic acids is 1. The van der Waals surface area contributed by atoms with E-state index in [1.54, 1.807) is 6.07 Å². The Labute approximate surface area is 101 Å². The Bertz CT molecular complexity index is 652. The first-order chi connectivity index (χ1) is 8.58. The summed E-state index contributed by atoms with van der Waals surface area (Å²) in [5.41, 5.74) is -0.385. The minimum atomic E-state index is -1.20. The molecule has 2 aromatic rings. The second-order valence-electron chi connectivity index (χ2n) is 3.64. The van der Waals surface area contributed by atoms with Gasteiger partial charge in [-0.2, -0.15) is 0 Å². The van der Waals surface area contributed by atoms with E-state index in [9.17, 15) is 14.0 Å². The smallest absolute Gasteiger partial charge is 0.347 e. The summed E-state index contributed by atoms with van der Waals surface area (Å²) in [5.74, 6) is -1.86. The van der Waals surface area contributed by atoms with Crippen LogP contribution in [0.15, 0.2) is 41.5 Å². The molecule has 0 saturated carbocycles. The molecule has 5 nitrogen and oxygen atoms in total. The molecule has 0 fully saturated rings. The number of carbonyl (C=O) groups is 1. The first-order valence-electron chi connectivity index (χ1n) is 5.11. The number of rotatable bonds is 3. The van der Waals surface area contributed by atoms with Crippen molar-refractivity contribution in [2.75, 3.05) is 0 Å². The summed E-state index contributed by atoms with van der Waals surface area (Å²) >= 11 is 0. The Morgan fingerprint density at radius 3 is 2.83 bits per heavy atom. The second kappa shape index (κ2) is 4.79. The quantitative estimate of drug-likeness (QED) is 0.883. The van der Waals surface area contributed by atoms with E-state index in [4.69, 9.17) is 5.11 Å². The molecule has 0 aliphatic rings. The number of hydrogen-bond acceptors (Lipinski definition) is 3. The zero-order valence-electron chi connectivity index (χ0n) is 9.21. The highest BCUT2D eigenvalue weighted by molar-refractivity contribution is 5.87. The van der Waals surface area contributed by atoms with Gasteiger partial charge in [0, 0.05) is 18.0 Å². The zero-order valence-corrected chi connectivity index (χ0v) is 9.21. The standard InChI is InChI=1S/C12H9FN2O3/c13-10-6-8(11(16)17)2-3-9(10)7-15-5-1-4-14-12(15)18/h1-6H,7H2,(H,16,17). The Kier molecular flexibility index (Phi) is 3.18. The van der Waals surface area contributed by atoms with Crippen LogP contribution in [0.4, 0.5) is 4.39 Å². The summed E-state index contributed by atoms with van der Waals surface area (Å²) in [5, 5.41) is 8.70. The van der Waals surface area contributed by atoms with Crippen molar-refractivity contribution in [1.82, 2.24) is 9.55 Å². The third kappa shape index (κ3) is 2.42. The van der Waals surface area contributed by atoms with Crippen LogP contribution in [0.1, 0.15) is 15.9 Å². The van der Waals surface area contributed by atoms with Gasteiger partial charge in [-0.25, -0.2) is 19.0 Å². The first-order valence-corrected chi connectivity index (χ1v) is 5.11. The average Bonchev–Trinajstić information content (AvgIpc) is 2.34. The third-order valence-corrected chi connectivity index (χ3v) is 2.42. The molecule has 0 aliphatic carbocycles. The van der Waals surface area contributed by atoms with E-state index >= 15 is 0 Å². The maximum absolute atomic E-state index is 13.6. The van der Waals surface area contributed by atoms with Gasteiger partial charge in [-0.05, 0) is 18.2 Å². The van der Waals surface area contributed by atoms with Gasteiger partial charge in [0.1, 0.15) is 5.82 Å². The van der Waals surface area contributed by atoms with E-state index in [0.29, 0.717) is 0 Å². The van der Waals surface area contributed by atoms with Gasteiger partial charge in [0.25, 0.3) is 0 Å². The molecule has 0 spiro atoms. The van der Waals surface area contributed by atoms with Crippen LogP contribution >= 0.6 is 0 Å². The van der Waals surface area contributed by atoms with Gasteiger partial charge in [-0.3, -0.25) is 4.57 Å². The Morgan fingerprint density at radius 2 is 2.22 bits per heavy atom. The maximum atomic E-state index is 13.6. The summed E-state index contributed by atoms with van der Waals surface area (Å²) in [6, 6.07) is 5.13. The normalized spacial score (nSPS) is 10.3. The van der Waals surface area contributed by atoms with Crippen molar-refractivity contribution < 1.29 is 14.3 Å². The number of halogens is 1. The lowest BCUT2D eigenvalue weighted by atomic mass is 10.1. The van der Waals surface area contributed by atoms with Gasteiger partial charge in [-0.15, -0.1) is 0 Å². The molecule has 1 aromatic carbocycles. The highest BCUT2D eigenvalue weighted by Crippen LogP contribution is 2.11. The van der Waals surface area contributed by atoms with Crippen LogP contribution in [0.3, 0.4) is 0 Å². The molecule has 1 N–H and O–H groups in total. The van der Waals surface area contributed by atoms with Crippen molar-refractivity contribution in [2.24, 2.45) is 0 Å². The molecule has 0 atom stereocenters. The summed E-state index contributed by atoms with van der Waals surface area (Å²) in [6.07, 6.45) is 2.84. The van der Waals surface area contributed by atoms with Crippen LogP contribution < -0.4 is 5.69 Å². The summed E-state index contributed by atoms with van der Waals surface area (Å²) in [6.45, 7) is 0.0123. The highest BCUT2D eigenvalue weighted by atomic mass is 19.1. The molecule has 92 valence electrons. The molecule has 6 heteroatoms. The Morgan fingerprint density at radius 1 is 1.44 bits per heavy atom. The van der Waals surface area contributed by atoms with E-state index < -0.39 is 17.5 Å². The summed E-state index contributed by atoms with van der Waals surface area (Å²) < 4.78 is 14.9. The number of benzene rings is 1. The van der Waals surface area contributed by atoms with Crippen LogP contribution in [-0.4, -0.2) is 20.6 Å². The number of carboxylic acid groups (broad SMARTS) is 1. The van der Waals surface area contributed by atoms with Crippen LogP contribution in [0.2, 0.25) is 0 Å². The lowest BCUT2D eigenvalue weighted by Gasteiger charge is -2.06. The monoisotopic (exact) mass is 248 g/mol. The Balaban J connectivity index is 2.33. The van der Waals surface area contributed by atoms with Crippen molar-refractivity contribution in [2.45, 2.75) is 6.54 Å². The lowest BCUT2D eigenvalue weighted by Crippen LogP contribution is -2.22. The molecule has 2 rings (SSSR count). The largest absolute Gasteiger partial charge is 0.478 e. The van der Waals surface area contributed by atoms with Crippen molar-refractivity contribution in [1.29, 1.82) is 0 Å². The molecule has 0 radical (unpaired) electrons. The number of nitrogens with zero attached hydrogens (tertiary/aromatic N) is 2. The minimum Gasteiger partial charge on any atom is -0.478 e. The molecule has 0 unspecified atom stereocenters. The molecule has 1 heterocycles. The fourth-order valence-corrected chi connectivity index (χ4v) is 1.50. The predicted octanol–water partition coefficient (Wildman–Crippen LogP) is 1.13. The maximum Gasteiger partial charge on any atom is 0.347 e. The molecule has 0 saturated heterocycles. The molecule has 0 bridgehead atoms. The summed E-state index contributed by atoms with van der Waals surface area (Å²) in [4.78, 5) is 25.5. The molecule has 1 aromatic heterocycles. The number of hydrogen-bond donors (Lipinski definition) is 1. The van der Waals surface area contributed by atoms with E-state index in [1.165, 1.54) is 29.1 Å². The molecule has 18 heavy (non-hydrogen) atoms. The summed E-state index contributed by atoms with van der Waals surface area (Å²) in [7, 11) is 0. The topological polar surface area (TPSA) is 72.2 Å². The molecular formula is C12H9FN2O3. The number of aromatic nitrogens is 2. The van der Waals surface area contributed by atoms with Crippen molar-refractivity contribution in [3.63, 3.8) is 0 Å². The van der Waals surface area contributed by atoms with Crippen LogP contribution in [-0.2, 0) is 6.54 Å². The SMILES string of the molecule is O=C(O)c1ccc(Cn2cccnc2=O)c(F)c1. The van der Waals surface area contributed by atoms with Gasteiger partial charge in [0.2, 0.25) is 0 Å². The van der Waals surface area contributed by atoms with Crippen molar-refractivity contribution >= 4 is 5.97 Å². The zero-order chi connectivity index (χ0) is 13.1. The van der Waals surface area contributed by atoms with Crippen molar-refractivity contribution in [3.8, 4) is 0 Å². The Hall–Kier alpha value is -2.50.